The standard InChI is InChI=1S/C30H33FN4O3/c1-5-27(34(18-19-38-4)30(37)32-23-14-10-21(11-15-23)20(2)3)28-33-26-9-7-6-8-25(26)29(36)35(28)24-16-12-22(31)13-17-24/h6-17,20,27H,5,18-19H2,1-4H3,(H,32,37). The Hall–Kier alpha value is -4.04. The summed E-state index contributed by atoms with van der Waals surface area (Å²) in [6.45, 7) is 6.74. The van der Waals surface area contributed by atoms with Gasteiger partial charge in [0.25, 0.3) is 5.56 Å². The topological polar surface area (TPSA) is 76.5 Å². The average Bonchev–Trinajstić information content (AvgIpc) is 2.92. The molecule has 1 atom stereocenters. The number of aromatic nitrogens is 2. The number of methoxy groups -OCH3 is 1. The molecule has 0 aliphatic rings. The summed E-state index contributed by atoms with van der Waals surface area (Å²) in [6.07, 6.45) is 0.482. The van der Waals surface area contributed by atoms with Crippen molar-refractivity contribution in [3.05, 3.63) is 100 Å². The lowest BCUT2D eigenvalue weighted by molar-refractivity contribution is 0.131. The van der Waals surface area contributed by atoms with Crippen LogP contribution in [0.25, 0.3) is 16.6 Å². The summed E-state index contributed by atoms with van der Waals surface area (Å²) in [6, 6.07) is 19.6. The van der Waals surface area contributed by atoms with Gasteiger partial charge in [0.1, 0.15) is 11.6 Å². The van der Waals surface area contributed by atoms with Crippen molar-refractivity contribution >= 4 is 22.6 Å². The first kappa shape index (κ1) is 27.0. The van der Waals surface area contributed by atoms with Crippen LogP contribution in [0.2, 0.25) is 0 Å². The molecule has 0 saturated heterocycles. The van der Waals surface area contributed by atoms with E-state index in [9.17, 15) is 14.0 Å². The van der Waals surface area contributed by atoms with Gasteiger partial charge in [-0.05, 0) is 66.4 Å². The number of rotatable bonds is 9. The van der Waals surface area contributed by atoms with Crippen LogP contribution in [0.5, 0.6) is 0 Å². The number of urea groups is 1. The number of halogens is 1. The van der Waals surface area contributed by atoms with Crippen LogP contribution in [0.4, 0.5) is 14.9 Å². The largest absolute Gasteiger partial charge is 0.383 e. The lowest BCUT2D eigenvalue weighted by atomic mass is 10.0. The van der Waals surface area contributed by atoms with E-state index in [1.807, 2.05) is 37.3 Å². The molecule has 1 N–H and O–H groups in total. The fourth-order valence-electron chi connectivity index (χ4n) is 4.49. The van der Waals surface area contributed by atoms with Crippen LogP contribution in [0, 0.1) is 5.82 Å². The molecular weight excluding hydrogens is 483 g/mol. The van der Waals surface area contributed by atoms with Crippen molar-refractivity contribution in [2.75, 3.05) is 25.6 Å². The highest BCUT2D eigenvalue weighted by Crippen LogP contribution is 2.27. The van der Waals surface area contributed by atoms with Gasteiger partial charge in [0.15, 0.2) is 0 Å². The molecule has 0 aliphatic heterocycles. The molecule has 1 heterocycles. The molecule has 38 heavy (non-hydrogen) atoms. The van der Waals surface area contributed by atoms with Crippen molar-refractivity contribution in [3.63, 3.8) is 0 Å². The van der Waals surface area contributed by atoms with Gasteiger partial charge in [-0.1, -0.05) is 45.0 Å². The Balaban J connectivity index is 1.81. The van der Waals surface area contributed by atoms with E-state index in [0.717, 1.165) is 0 Å². The first-order chi connectivity index (χ1) is 18.3. The minimum atomic E-state index is -0.567. The van der Waals surface area contributed by atoms with E-state index in [1.165, 1.54) is 22.3 Å². The highest BCUT2D eigenvalue weighted by molar-refractivity contribution is 5.89. The van der Waals surface area contributed by atoms with Crippen LogP contribution in [0.1, 0.15) is 50.5 Å². The Morgan fingerprint density at radius 1 is 1.05 bits per heavy atom. The maximum Gasteiger partial charge on any atom is 0.322 e. The van der Waals surface area contributed by atoms with Crippen molar-refractivity contribution in [2.45, 2.75) is 39.2 Å². The summed E-state index contributed by atoms with van der Waals surface area (Å²) in [5.41, 5.74) is 2.56. The molecule has 3 aromatic carbocycles. The lowest BCUT2D eigenvalue weighted by Gasteiger charge is -2.32. The Labute approximate surface area is 221 Å². The number of ether oxygens (including phenoxy) is 1. The Morgan fingerprint density at radius 3 is 2.37 bits per heavy atom. The fourth-order valence-corrected chi connectivity index (χ4v) is 4.49. The number of nitrogens with zero attached hydrogens (tertiary/aromatic N) is 3. The van der Waals surface area contributed by atoms with Gasteiger partial charge in [0.2, 0.25) is 0 Å². The molecule has 8 heteroatoms. The summed E-state index contributed by atoms with van der Waals surface area (Å²) in [5.74, 6) is 0.363. The summed E-state index contributed by atoms with van der Waals surface area (Å²) in [7, 11) is 1.57. The fraction of sp³-hybridized carbons (Fsp3) is 0.300. The van der Waals surface area contributed by atoms with Crippen LogP contribution < -0.4 is 10.9 Å². The highest BCUT2D eigenvalue weighted by atomic mass is 19.1. The maximum absolute atomic E-state index is 13.8. The van der Waals surface area contributed by atoms with E-state index in [4.69, 9.17) is 9.72 Å². The second-order valence-corrected chi connectivity index (χ2v) is 9.42. The number of fused-ring (bicyclic) bond motifs is 1. The molecule has 0 spiro atoms. The molecule has 0 aliphatic carbocycles. The van der Waals surface area contributed by atoms with Crippen LogP contribution in [-0.2, 0) is 4.74 Å². The van der Waals surface area contributed by atoms with Gasteiger partial charge in [-0.3, -0.25) is 9.36 Å². The molecular formula is C30H33FN4O3. The van der Waals surface area contributed by atoms with Gasteiger partial charge in [0, 0.05) is 19.3 Å². The minimum Gasteiger partial charge on any atom is -0.383 e. The van der Waals surface area contributed by atoms with Gasteiger partial charge in [-0.25, -0.2) is 14.2 Å². The molecule has 0 radical (unpaired) electrons. The second kappa shape index (κ2) is 12.0. The summed E-state index contributed by atoms with van der Waals surface area (Å²) < 4.78 is 20.5. The summed E-state index contributed by atoms with van der Waals surface area (Å²) in [4.78, 5) is 33.9. The molecule has 0 saturated carbocycles. The van der Waals surface area contributed by atoms with Crippen LogP contribution in [-0.4, -0.2) is 40.7 Å². The zero-order chi connectivity index (χ0) is 27.2. The van der Waals surface area contributed by atoms with Gasteiger partial charge in [-0.15, -0.1) is 0 Å². The number of hydrogen-bond donors (Lipinski definition) is 1. The van der Waals surface area contributed by atoms with Crippen molar-refractivity contribution in [2.24, 2.45) is 0 Å². The third-order valence-corrected chi connectivity index (χ3v) is 6.57. The van der Waals surface area contributed by atoms with Crippen molar-refractivity contribution in [3.8, 4) is 5.69 Å². The van der Waals surface area contributed by atoms with Crippen molar-refractivity contribution in [1.82, 2.24) is 14.5 Å². The SMILES string of the molecule is CCC(c1nc2ccccc2c(=O)n1-c1ccc(F)cc1)N(CCOC)C(=O)Nc1ccc(C(C)C)cc1. The van der Waals surface area contributed by atoms with E-state index in [2.05, 4.69) is 19.2 Å². The zero-order valence-electron chi connectivity index (χ0n) is 22.1. The van der Waals surface area contributed by atoms with Gasteiger partial charge in [0.05, 0.1) is 29.2 Å². The van der Waals surface area contributed by atoms with E-state index in [0.29, 0.717) is 47.0 Å². The number of nitrogens with one attached hydrogen (secondary N) is 1. The number of carbonyl (C=O) groups excluding carboxylic acids is 1. The second-order valence-electron chi connectivity index (χ2n) is 9.42. The monoisotopic (exact) mass is 516 g/mol. The molecule has 0 fully saturated rings. The van der Waals surface area contributed by atoms with Gasteiger partial charge < -0.3 is 15.0 Å². The number of para-hydroxylation sites is 1. The van der Waals surface area contributed by atoms with Gasteiger partial charge >= 0.3 is 6.03 Å². The maximum atomic E-state index is 13.8. The third-order valence-electron chi connectivity index (χ3n) is 6.57. The number of benzene rings is 3. The van der Waals surface area contributed by atoms with E-state index in [-0.39, 0.29) is 18.1 Å². The molecule has 7 nitrogen and oxygen atoms in total. The minimum absolute atomic E-state index is 0.275. The molecule has 198 valence electrons. The van der Waals surface area contributed by atoms with Crippen molar-refractivity contribution in [1.29, 1.82) is 0 Å². The summed E-state index contributed by atoms with van der Waals surface area (Å²) in [5, 5.41) is 3.43. The molecule has 2 amide bonds. The Morgan fingerprint density at radius 2 is 1.74 bits per heavy atom. The molecule has 4 rings (SSSR count). The quantitative estimate of drug-likeness (QED) is 0.284. The lowest BCUT2D eigenvalue weighted by Crippen LogP contribution is -2.42. The molecule has 4 aromatic rings. The zero-order valence-corrected chi connectivity index (χ0v) is 22.1. The molecule has 1 aromatic heterocycles. The highest BCUT2D eigenvalue weighted by Gasteiger charge is 2.29. The Kier molecular flexibility index (Phi) is 8.53. The molecule has 1 unspecified atom stereocenters. The Bertz CT molecular complexity index is 1450. The van der Waals surface area contributed by atoms with E-state index >= 15 is 0 Å². The van der Waals surface area contributed by atoms with Gasteiger partial charge in [-0.2, -0.15) is 0 Å². The third kappa shape index (κ3) is 5.75. The van der Waals surface area contributed by atoms with Crippen molar-refractivity contribution < 1.29 is 13.9 Å². The van der Waals surface area contributed by atoms with Crippen LogP contribution in [0.3, 0.4) is 0 Å². The predicted molar refractivity (Wildman–Crippen MR) is 148 cm³/mol. The number of anilines is 1. The first-order valence-electron chi connectivity index (χ1n) is 12.8. The molecule has 0 bridgehead atoms. The predicted octanol–water partition coefficient (Wildman–Crippen LogP) is 6.28. The normalized spacial score (nSPS) is 12.1. The summed E-state index contributed by atoms with van der Waals surface area (Å²) >= 11 is 0. The van der Waals surface area contributed by atoms with E-state index < -0.39 is 11.9 Å². The van der Waals surface area contributed by atoms with Crippen LogP contribution >= 0.6 is 0 Å². The van der Waals surface area contributed by atoms with E-state index in [1.54, 1.807) is 42.3 Å². The number of hydrogen-bond acceptors (Lipinski definition) is 4. The smallest absolute Gasteiger partial charge is 0.322 e. The number of amides is 2. The first-order valence-corrected chi connectivity index (χ1v) is 12.8. The average molecular weight is 517 g/mol. The van der Waals surface area contributed by atoms with Crippen LogP contribution in [0.15, 0.2) is 77.6 Å². The number of carbonyl (C=O) groups is 1.